The number of hydrogen-bond donors (Lipinski definition) is 1. The molecular formula is C28H35F4N3O. The van der Waals surface area contributed by atoms with Gasteiger partial charge in [-0.2, -0.15) is 0 Å². The maximum Gasteiger partial charge on any atom is 0.129 e. The van der Waals surface area contributed by atoms with Crippen molar-refractivity contribution in [3.63, 3.8) is 0 Å². The Morgan fingerprint density at radius 2 is 1.78 bits per heavy atom. The lowest BCUT2D eigenvalue weighted by molar-refractivity contribution is 0.0667. The number of halogens is 4. The van der Waals surface area contributed by atoms with E-state index in [4.69, 9.17) is 4.74 Å². The molecule has 4 nitrogen and oxygen atoms in total. The smallest absolute Gasteiger partial charge is 0.129 e. The van der Waals surface area contributed by atoms with E-state index in [1.54, 1.807) is 13.8 Å². The van der Waals surface area contributed by atoms with Gasteiger partial charge in [0.25, 0.3) is 0 Å². The van der Waals surface area contributed by atoms with E-state index in [0.29, 0.717) is 25.7 Å². The lowest BCUT2D eigenvalue weighted by Crippen LogP contribution is -2.49. The van der Waals surface area contributed by atoms with E-state index in [2.05, 4.69) is 41.1 Å². The monoisotopic (exact) mass is 505 g/mol. The first-order valence-corrected chi connectivity index (χ1v) is 12.5. The molecule has 0 unspecified atom stereocenters. The highest BCUT2D eigenvalue weighted by Gasteiger charge is 2.30. The molecule has 2 aliphatic heterocycles. The standard InChI is InChI=1S/C16H21FN2.C12H14F3NO/c1-11-8-13-12-6-4-5-7-14(12)18-15(13)9-19(11)10-16(2,3)17;13-6-9-7-16(8-9)1-2-17-12-4-10(14)3-11(15)5-12/h4-7,11,18H,8-10H2,1-3H3;3-5,9H,1-2,6-8H2/t11-;/m1./s1. The molecule has 5 rings (SSSR count). The van der Waals surface area contributed by atoms with E-state index in [9.17, 15) is 17.6 Å². The molecule has 1 fully saturated rings. The molecule has 196 valence electrons. The highest BCUT2D eigenvalue weighted by molar-refractivity contribution is 5.84. The van der Waals surface area contributed by atoms with Crippen molar-refractivity contribution in [2.24, 2.45) is 5.92 Å². The van der Waals surface area contributed by atoms with Gasteiger partial charge in [0.05, 0.1) is 6.67 Å². The Morgan fingerprint density at radius 1 is 1.08 bits per heavy atom. The van der Waals surface area contributed by atoms with Crippen LogP contribution >= 0.6 is 0 Å². The van der Waals surface area contributed by atoms with Gasteiger partial charge in [-0.15, -0.1) is 0 Å². The number of benzene rings is 2. The minimum atomic E-state index is -1.14. The number of hydrogen-bond acceptors (Lipinski definition) is 3. The van der Waals surface area contributed by atoms with Gasteiger partial charge in [-0.05, 0) is 38.8 Å². The fourth-order valence-electron chi connectivity index (χ4n) is 4.96. The van der Waals surface area contributed by atoms with E-state index in [-0.39, 0.29) is 18.3 Å². The van der Waals surface area contributed by atoms with Crippen LogP contribution in [0.5, 0.6) is 5.75 Å². The number of aromatic nitrogens is 1. The van der Waals surface area contributed by atoms with E-state index in [1.807, 2.05) is 4.90 Å². The van der Waals surface area contributed by atoms with E-state index in [0.717, 1.165) is 44.3 Å². The molecule has 0 aliphatic carbocycles. The third-order valence-electron chi connectivity index (χ3n) is 6.73. The normalized spacial score (nSPS) is 18.9. The predicted molar refractivity (Wildman–Crippen MR) is 135 cm³/mol. The summed E-state index contributed by atoms with van der Waals surface area (Å²) in [6.45, 7) is 8.98. The largest absolute Gasteiger partial charge is 0.492 e. The Morgan fingerprint density at radius 3 is 2.44 bits per heavy atom. The molecule has 3 heterocycles. The Kier molecular flexibility index (Phi) is 8.25. The summed E-state index contributed by atoms with van der Waals surface area (Å²) >= 11 is 0. The first-order valence-electron chi connectivity index (χ1n) is 12.5. The highest BCUT2D eigenvalue weighted by Crippen LogP contribution is 2.31. The van der Waals surface area contributed by atoms with Gasteiger partial charge in [-0.25, -0.2) is 13.2 Å². The van der Waals surface area contributed by atoms with Crippen molar-refractivity contribution in [3.05, 3.63) is 65.4 Å². The van der Waals surface area contributed by atoms with Crippen LogP contribution in [0.3, 0.4) is 0 Å². The van der Waals surface area contributed by atoms with Gasteiger partial charge in [0.2, 0.25) is 0 Å². The summed E-state index contributed by atoms with van der Waals surface area (Å²) in [5.41, 5.74) is 2.72. The molecule has 0 bridgehead atoms. The summed E-state index contributed by atoms with van der Waals surface area (Å²) in [5.74, 6) is -0.977. The van der Waals surface area contributed by atoms with E-state index in [1.165, 1.54) is 22.2 Å². The van der Waals surface area contributed by atoms with Crippen molar-refractivity contribution < 1.29 is 22.3 Å². The van der Waals surface area contributed by atoms with Crippen molar-refractivity contribution in [1.82, 2.24) is 14.8 Å². The first-order chi connectivity index (χ1) is 17.1. The Balaban J connectivity index is 0.000000170. The Bertz CT molecular complexity index is 1130. The van der Waals surface area contributed by atoms with Gasteiger partial charge in [0.1, 0.15) is 29.7 Å². The fourth-order valence-corrected chi connectivity index (χ4v) is 4.96. The van der Waals surface area contributed by atoms with Crippen LogP contribution in [-0.2, 0) is 13.0 Å². The van der Waals surface area contributed by atoms with Crippen LogP contribution in [0, 0.1) is 17.6 Å². The zero-order chi connectivity index (χ0) is 25.9. The van der Waals surface area contributed by atoms with Crippen LogP contribution in [0.25, 0.3) is 10.9 Å². The number of alkyl halides is 2. The van der Waals surface area contributed by atoms with Crippen LogP contribution in [0.2, 0.25) is 0 Å². The molecule has 0 radical (unpaired) electrons. The predicted octanol–water partition coefficient (Wildman–Crippen LogP) is 5.91. The van der Waals surface area contributed by atoms with Crippen molar-refractivity contribution in [3.8, 4) is 5.75 Å². The van der Waals surface area contributed by atoms with Crippen LogP contribution < -0.4 is 4.74 Å². The number of fused-ring (bicyclic) bond motifs is 3. The molecule has 0 spiro atoms. The molecule has 36 heavy (non-hydrogen) atoms. The maximum atomic E-state index is 13.9. The second-order valence-corrected chi connectivity index (χ2v) is 10.5. The summed E-state index contributed by atoms with van der Waals surface area (Å²) in [5, 5.41) is 1.32. The number of aromatic amines is 1. The number of rotatable bonds is 7. The van der Waals surface area contributed by atoms with Crippen molar-refractivity contribution >= 4 is 10.9 Å². The van der Waals surface area contributed by atoms with Gasteiger partial charge < -0.3 is 9.72 Å². The Labute approximate surface area is 210 Å². The lowest BCUT2D eigenvalue weighted by Gasteiger charge is -2.37. The van der Waals surface area contributed by atoms with E-state index >= 15 is 0 Å². The number of H-pyrrole nitrogens is 1. The number of nitrogens with one attached hydrogen (secondary N) is 1. The van der Waals surface area contributed by atoms with Crippen LogP contribution in [0.15, 0.2) is 42.5 Å². The quantitative estimate of drug-likeness (QED) is 0.405. The SMILES string of the molecule is C[C@@H]1Cc2c([nH]c3ccccc23)CN1CC(C)(C)F.FCC1CN(CCOc2cc(F)cc(F)c2)C1. The molecule has 1 aromatic heterocycles. The fraction of sp³-hybridized carbons (Fsp3) is 0.500. The molecule has 1 atom stereocenters. The molecule has 2 aliphatic rings. The minimum Gasteiger partial charge on any atom is -0.492 e. The molecule has 3 aromatic rings. The highest BCUT2D eigenvalue weighted by atomic mass is 19.1. The van der Waals surface area contributed by atoms with Gasteiger partial charge in [-0.3, -0.25) is 14.2 Å². The summed E-state index contributed by atoms with van der Waals surface area (Å²) in [6.07, 6.45) is 0.995. The minimum absolute atomic E-state index is 0.140. The van der Waals surface area contributed by atoms with Crippen LogP contribution in [0.4, 0.5) is 17.6 Å². The van der Waals surface area contributed by atoms with Crippen LogP contribution in [-0.4, -0.2) is 66.0 Å². The average molecular weight is 506 g/mol. The second kappa shape index (κ2) is 11.2. The molecule has 0 saturated carbocycles. The summed E-state index contributed by atoms with van der Waals surface area (Å²) < 4.78 is 56.9. The summed E-state index contributed by atoms with van der Waals surface area (Å²) in [7, 11) is 0. The van der Waals surface area contributed by atoms with Crippen molar-refractivity contribution in [1.29, 1.82) is 0 Å². The summed E-state index contributed by atoms with van der Waals surface area (Å²) in [6, 6.07) is 11.9. The average Bonchev–Trinajstić information content (AvgIpc) is 3.11. The number of ether oxygens (including phenoxy) is 1. The zero-order valence-corrected chi connectivity index (χ0v) is 21.2. The van der Waals surface area contributed by atoms with Gasteiger partial charge in [-0.1, -0.05) is 18.2 Å². The third-order valence-corrected chi connectivity index (χ3v) is 6.73. The van der Waals surface area contributed by atoms with Gasteiger partial charge in [0.15, 0.2) is 0 Å². The third kappa shape index (κ3) is 6.79. The van der Waals surface area contributed by atoms with Crippen LogP contribution in [0.1, 0.15) is 32.0 Å². The maximum absolute atomic E-state index is 13.9. The van der Waals surface area contributed by atoms with Crippen molar-refractivity contribution in [2.75, 3.05) is 39.5 Å². The molecule has 1 saturated heterocycles. The number of likely N-dealkylation sites (tertiary alicyclic amines) is 1. The number of nitrogens with zero attached hydrogens (tertiary/aromatic N) is 2. The Hall–Kier alpha value is -2.58. The van der Waals surface area contributed by atoms with E-state index < -0.39 is 17.3 Å². The zero-order valence-electron chi connectivity index (χ0n) is 21.2. The topological polar surface area (TPSA) is 31.5 Å². The molecule has 8 heteroatoms. The first kappa shape index (κ1) is 26.5. The van der Waals surface area contributed by atoms with Gasteiger partial charge in [0, 0.05) is 79.5 Å². The lowest BCUT2D eigenvalue weighted by atomic mass is 9.96. The van der Waals surface area contributed by atoms with Gasteiger partial charge >= 0.3 is 0 Å². The molecule has 2 aromatic carbocycles. The second-order valence-electron chi connectivity index (χ2n) is 10.5. The number of para-hydroxylation sites is 1. The molecule has 0 amide bonds. The van der Waals surface area contributed by atoms with Crippen molar-refractivity contribution in [2.45, 2.75) is 45.4 Å². The molecular weight excluding hydrogens is 470 g/mol. The molecule has 1 N–H and O–H groups in total. The summed E-state index contributed by atoms with van der Waals surface area (Å²) in [4.78, 5) is 7.76.